The molecule has 1 saturated heterocycles. The first-order chi connectivity index (χ1) is 44.3. The third kappa shape index (κ3) is 17.5. The van der Waals surface area contributed by atoms with E-state index in [1.807, 2.05) is 0 Å². The van der Waals surface area contributed by atoms with Crippen molar-refractivity contribution in [1.29, 1.82) is 0 Å². The molecular formula is C58H50Cl6F4N16O9. The molecule has 9 aromatic heterocycles. The molecule has 11 aromatic rings. The van der Waals surface area contributed by atoms with Gasteiger partial charge in [-0.15, -0.1) is 0 Å². The number of nitrogens with zero attached hydrogens (tertiary/aromatic N) is 14. The maximum Gasteiger partial charge on any atom is 0.387 e. The summed E-state index contributed by atoms with van der Waals surface area (Å²) in [5.41, 5.74) is 3.85. The van der Waals surface area contributed by atoms with Crippen LogP contribution in [0.15, 0.2) is 137 Å². The number of hydrogen-bond acceptors (Lipinski definition) is 17. The lowest BCUT2D eigenvalue weighted by Gasteiger charge is -2.26. The van der Waals surface area contributed by atoms with Crippen molar-refractivity contribution in [2.24, 2.45) is 27.0 Å². The molecule has 0 radical (unpaired) electrons. The maximum absolute atomic E-state index is 12.8. The van der Waals surface area contributed by atoms with Crippen LogP contribution in [0.3, 0.4) is 0 Å². The predicted octanol–water partition coefficient (Wildman–Crippen LogP) is 10.1. The number of aromatic carboxylic acids is 1. The van der Waals surface area contributed by atoms with Crippen LogP contribution in [0.5, 0.6) is 11.5 Å². The molecule has 0 atom stereocenters. The number of halogens is 10. The van der Waals surface area contributed by atoms with Gasteiger partial charge in [0.15, 0.2) is 0 Å². The molecule has 25 nitrogen and oxygen atoms in total. The second kappa shape index (κ2) is 31.4. The molecule has 2 aromatic carbocycles. The summed E-state index contributed by atoms with van der Waals surface area (Å²) >= 11 is 33.8. The number of anilines is 1. The average Bonchev–Trinajstić information content (AvgIpc) is 1.64. The highest BCUT2D eigenvalue weighted by atomic mass is 35.5. The van der Waals surface area contributed by atoms with E-state index >= 15 is 0 Å². The summed E-state index contributed by atoms with van der Waals surface area (Å²) in [6, 6.07) is 20.6. The van der Waals surface area contributed by atoms with Gasteiger partial charge in [0.1, 0.15) is 32.1 Å². The average molecular weight is 1400 g/mol. The summed E-state index contributed by atoms with van der Waals surface area (Å²) in [7, 11) is 6.29. The van der Waals surface area contributed by atoms with Crippen LogP contribution < -0.4 is 36.9 Å². The number of ether oxygens (including phenoxy) is 3. The number of amides is 1. The lowest BCUT2D eigenvalue weighted by Crippen LogP contribution is -2.37. The molecule has 486 valence electrons. The van der Waals surface area contributed by atoms with Crippen molar-refractivity contribution in [2.45, 2.75) is 26.3 Å². The number of hydrogen-bond donors (Lipinski definition) is 3. The number of carboxylic acids is 1. The number of nitrogens with one attached hydrogen (secondary N) is 1. The molecule has 1 aliphatic heterocycles. The molecule has 35 heteroatoms. The Labute approximate surface area is 552 Å². The van der Waals surface area contributed by atoms with Gasteiger partial charge in [0.05, 0.1) is 85.9 Å². The Balaban J connectivity index is 0.000000162. The molecule has 0 spiro atoms. The van der Waals surface area contributed by atoms with Crippen molar-refractivity contribution in [3.05, 3.63) is 206 Å². The monoisotopic (exact) mass is 1400 g/mol. The zero-order valence-corrected chi connectivity index (χ0v) is 53.3. The summed E-state index contributed by atoms with van der Waals surface area (Å²) in [6.45, 7) is -2.77. The fourth-order valence-corrected chi connectivity index (χ4v) is 10.1. The minimum atomic E-state index is -2.94. The number of para-hydroxylation sites is 2. The largest absolute Gasteiger partial charge is 0.478 e. The number of carbonyl (C=O) groups is 2. The van der Waals surface area contributed by atoms with Gasteiger partial charge in [-0.25, -0.2) is 40.5 Å². The molecule has 1 fully saturated rings. The van der Waals surface area contributed by atoms with E-state index in [9.17, 15) is 41.5 Å². The predicted molar refractivity (Wildman–Crippen MR) is 341 cm³/mol. The number of pyridine rings is 5. The van der Waals surface area contributed by atoms with E-state index in [0.29, 0.717) is 79.4 Å². The fraction of sp³-hybridized carbons (Fsp3) is 0.207. The van der Waals surface area contributed by atoms with Gasteiger partial charge in [0.2, 0.25) is 5.95 Å². The van der Waals surface area contributed by atoms with Gasteiger partial charge in [-0.1, -0.05) is 106 Å². The quantitative estimate of drug-likeness (QED) is 0.0337. The van der Waals surface area contributed by atoms with E-state index in [-0.39, 0.29) is 77.9 Å². The summed E-state index contributed by atoms with van der Waals surface area (Å²) < 4.78 is 72.9. The Morgan fingerprint density at radius 3 is 1.56 bits per heavy atom. The first-order valence-corrected chi connectivity index (χ1v) is 29.1. The normalized spacial score (nSPS) is 11.9. The van der Waals surface area contributed by atoms with Crippen molar-refractivity contribution in [1.82, 2.24) is 68.4 Å². The van der Waals surface area contributed by atoms with E-state index in [0.717, 1.165) is 24.3 Å². The fourth-order valence-electron chi connectivity index (χ4n) is 8.87. The van der Waals surface area contributed by atoms with Gasteiger partial charge < -0.3 is 24.2 Å². The number of carbonyl (C=O) groups excluding carboxylic acids is 1. The standard InChI is InChI=1S/C23H22F2N6O3.C15H12ClF2N3O2.C7H7Cl2N3O.C7H6ClN3O.C6H3Cl2NO2/c1-29-21(32)17-13-26-18(16-11-27-23(28-12-16)30-6-8-33-9-7-30)10-19(17)31(29)14-15-4-2-3-5-20(15)34-22(24)25;1-20-14(22)10-7-19-13(16)6-11(10)21(20)8-9-4-2-3-5-12(9)23-15(17)18;1-12(10)7(13)4-3-11-6(9)2-5(4)8;1-11-7(12)4-3-9-6(8)2-5(4)10-11;7-4-1-5(8)9-2-3(4)6(10)11/h2-5,10-13,22H,6-9,14H2,1H3;2-7,15H,8H2,1H3;2-3H,10H2,1H3;2-3,10H,1H3;1-2H,(H,10,11). The van der Waals surface area contributed by atoms with E-state index in [1.165, 1.54) is 70.1 Å². The number of nitrogens with two attached hydrogens (primary N) is 1. The van der Waals surface area contributed by atoms with Gasteiger partial charge in [0, 0.05) is 113 Å². The van der Waals surface area contributed by atoms with Gasteiger partial charge >= 0.3 is 19.2 Å². The van der Waals surface area contributed by atoms with Gasteiger partial charge in [0.25, 0.3) is 22.6 Å². The number of rotatable bonds is 12. The molecule has 12 rings (SSSR count). The van der Waals surface area contributed by atoms with Crippen LogP contribution in [-0.4, -0.2) is 132 Å². The Bertz CT molecular complexity index is 4680. The third-order valence-electron chi connectivity index (χ3n) is 13.4. The highest BCUT2D eigenvalue weighted by Gasteiger charge is 2.20. The van der Waals surface area contributed by atoms with Crippen LogP contribution >= 0.6 is 69.6 Å². The number of alkyl halides is 4. The number of fused-ring (bicyclic) bond motifs is 3. The molecule has 0 aliphatic carbocycles. The zero-order chi connectivity index (χ0) is 67.4. The van der Waals surface area contributed by atoms with Gasteiger partial charge in [-0.3, -0.25) is 57.7 Å². The lowest BCUT2D eigenvalue weighted by molar-refractivity contribution is -0.0511. The van der Waals surface area contributed by atoms with Crippen molar-refractivity contribution < 1.29 is 46.5 Å². The van der Waals surface area contributed by atoms with E-state index in [1.54, 1.807) is 97.5 Å². The summed E-state index contributed by atoms with van der Waals surface area (Å²) in [4.78, 5) is 88.4. The van der Waals surface area contributed by atoms with Crippen LogP contribution in [0.1, 0.15) is 31.8 Å². The smallest absolute Gasteiger partial charge is 0.387 e. The van der Waals surface area contributed by atoms with Crippen LogP contribution in [0.2, 0.25) is 30.7 Å². The second-order valence-corrected chi connectivity index (χ2v) is 21.8. The van der Waals surface area contributed by atoms with E-state index in [2.05, 4.69) is 54.4 Å². The number of H-pyrrole nitrogens is 1. The first-order valence-electron chi connectivity index (χ1n) is 26.9. The maximum atomic E-state index is 12.8. The Morgan fingerprint density at radius 1 is 0.613 bits per heavy atom. The minimum absolute atomic E-state index is 0.0453. The van der Waals surface area contributed by atoms with Crippen molar-refractivity contribution in [2.75, 3.05) is 38.3 Å². The van der Waals surface area contributed by atoms with Crippen molar-refractivity contribution >= 4 is 120 Å². The first kappa shape index (κ1) is 69.7. The van der Waals surface area contributed by atoms with Crippen LogP contribution in [0.4, 0.5) is 23.5 Å². The van der Waals surface area contributed by atoms with Crippen LogP contribution in [-0.2, 0) is 39.0 Å². The lowest BCUT2D eigenvalue weighted by atomic mass is 10.2. The molecule has 4 N–H and O–H groups in total. The number of aryl methyl sites for hydroxylation is 1. The Hall–Kier alpha value is -9.20. The Morgan fingerprint density at radius 2 is 1.06 bits per heavy atom. The summed E-state index contributed by atoms with van der Waals surface area (Å²) in [5.74, 6) is 4.47. The highest BCUT2D eigenvalue weighted by molar-refractivity contribution is 6.36. The number of carboxylic acid groups (broad SMARTS) is 1. The molecule has 0 bridgehead atoms. The molecule has 93 heavy (non-hydrogen) atoms. The zero-order valence-electron chi connectivity index (χ0n) is 48.8. The molecule has 10 heterocycles. The number of aromatic nitrogens is 13. The number of morpholine rings is 1. The van der Waals surface area contributed by atoms with Gasteiger partial charge in [-0.2, -0.15) is 17.6 Å². The minimum Gasteiger partial charge on any atom is -0.478 e. The summed E-state index contributed by atoms with van der Waals surface area (Å²) in [6.07, 6.45) is 10.2. The summed E-state index contributed by atoms with van der Waals surface area (Å²) in [5, 5.41) is 15.0. The molecule has 1 amide bonds. The SMILES string of the molecule is CN(N)C(=O)c1cnc(Cl)cc1Cl.Cn1[nH]c2cc(Cl)ncc2c1=O.Cn1c(=O)c2cnc(-c3cnc(N4CCOCC4)nc3)cc2n1Cc1ccccc1OC(F)F.Cn1c(=O)c2cnc(Cl)cc2n1Cc1ccccc1OC(F)F.O=C(O)c1cnc(Cl)cc1Cl. The Kier molecular flexibility index (Phi) is 23.5. The molecular weight excluding hydrogens is 1350 g/mol. The van der Waals surface area contributed by atoms with E-state index in [4.69, 9.17) is 85.3 Å². The number of aromatic amines is 1. The van der Waals surface area contributed by atoms with Gasteiger partial charge in [-0.05, 0) is 30.3 Å². The molecule has 0 unspecified atom stereocenters. The van der Waals surface area contributed by atoms with Crippen molar-refractivity contribution in [3.63, 3.8) is 0 Å². The number of hydrazine groups is 1. The topological polar surface area (TPSA) is 296 Å². The van der Waals surface area contributed by atoms with E-state index < -0.39 is 25.1 Å². The van der Waals surface area contributed by atoms with Crippen molar-refractivity contribution in [3.8, 4) is 22.8 Å². The third-order valence-corrected chi connectivity index (χ3v) is 14.9. The van der Waals surface area contributed by atoms with Crippen LogP contribution in [0, 0.1) is 0 Å². The molecule has 1 aliphatic rings. The molecule has 0 saturated carbocycles. The highest BCUT2D eigenvalue weighted by Crippen LogP contribution is 2.28. The second-order valence-electron chi connectivity index (χ2n) is 19.5. The number of benzene rings is 2. The van der Waals surface area contributed by atoms with Crippen LogP contribution in [0.25, 0.3) is 44.0 Å².